The van der Waals surface area contributed by atoms with Gasteiger partial charge in [0.05, 0.1) is 17.1 Å². The van der Waals surface area contributed by atoms with Gasteiger partial charge in [0.1, 0.15) is 6.04 Å². The van der Waals surface area contributed by atoms with E-state index in [1.165, 1.54) is 23.4 Å². The van der Waals surface area contributed by atoms with Crippen molar-refractivity contribution in [3.05, 3.63) is 66.5 Å². The molecule has 2 atom stereocenters. The Morgan fingerprint density at radius 3 is 2.62 bits per heavy atom. The molecule has 0 aliphatic carbocycles. The summed E-state index contributed by atoms with van der Waals surface area (Å²) in [7, 11) is -3.99. The number of hydrogen-bond donors (Lipinski definition) is 1. The number of rotatable bonds is 8. The van der Waals surface area contributed by atoms with E-state index in [4.69, 9.17) is 0 Å². The van der Waals surface area contributed by atoms with Gasteiger partial charge in [0, 0.05) is 37.8 Å². The Labute approximate surface area is 201 Å². The molecule has 2 heterocycles. The molecule has 0 saturated carbocycles. The van der Waals surface area contributed by atoms with Crippen LogP contribution in [0.4, 0.5) is 5.69 Å². The van der Waals surface area contributed by atoms with Gasteiger partial charge in [-0.25, -0.2) is 8.42 Å². The Morgan fingerprint density at radius 2 is 2.03 bits per heavy atom. The van der Waals surface area contributed by atoms with Crippen molar-refractivity contribution in [3.63, 3.8) is 0 Å². The van der Waals surface area contributed by atoms with Gasteiger partial charge >= 0.3 is 0 Å². The van der Waals surface area contributed by atoms with E-state index in [0.717, 1.165) is 5.69 Å². The largest absolute Gasteiger partial charge is 0.335 e. The van der Waals surface area contributed by atoms with Crippen molar-refractivity contribution < 1.29 is 18.0 Å². The van der Waals surface area contributed by atoms with E-state index < -0.39 is 16.1 Å². The van der Waals surface area contributed by atoms with Gasteiger partial charge in [-0.1, -0.05) is 25.5 Å². The van der Waals surface area contributed by atoms with Crippen LogP contribution < -0.4 is 5.32 Å². The van der Waals surface area contributed by atoms with Gasteiger partial charge in [0.25, 0.3) is 0 Å². The number of sulfonamides is 1. The summed E-state index contributed by atoms with van der Waals surface area (Å²) in [6.07, 6.45) is 4.44. The van der Waals surface area contributed by atoms with Crippen LogP contribution in [0.2, 0.25) is 0 Å². The Morgan fingerprint density at radius 1 is 1.26 bits per heavy atom. The SMILES string of the molecule is C=CC1CN(Cc2ccccn2)C(=O)C(CCC)N(S(=O)(=O)c2ccc(NC(C)=O)c(C)c2)C1. The molecule has 2 unspecified atom stereocenters. The van der Waals surface area contributed by atoms with Crippen molar-refractivity contribution in [1.82, 2.24) is 14.2 Å². The summed E-state index contributed by atoms with van der Waals surface area (Å²) in [5.41, 5.74) is 1.92. The quantitative estimate of drug-likeness (QED) is 0.579. The smallest absolute Gasteiger partial charge is 0.243 e. The van der Waals surface area contributed by atoms with Crippen LogP contribution in [0.15, 0.2) is 60.1 Å². The maximum atomic E-state index is 13.8. The van der Waals surface area contributed by atoms with E-state index in [0.29, 0.717) is 37.2 Å². The summed E-state index contributed by atoms with van der Waals surface area (Å²) in [4.78, 5) is 31.2. The fourth-order valence-corrected chi connectivity index (χ4v) is 5.93. The van der Waals surface area contributed by atoms with Crippen LogP contribution in [-0.4, -0.2) is 53.6 Å². The average molecular weight is 485 g/mol. The number of carbonyl (C=O) groups excluding carboxylic acids is 2. The molecule has 1 aliphatic rings. The lowest BCUT2D eigenvalue weighted by Gasteiger charge is -2.30. The van der Waals surface area contributed by atoms with Crippen LogP contribution in [0, 0.1) is 12.8 Å². The van der Waals surface area contributed by atoms with Crippen molar-refractivity contribution in [2.75, 3.05) is 18.4 Å². The number of amides is 2. The number of nitrogens with zero attached hydrogens (tertiary/aromatic N) is 3. The van der Waals surface area contributed by atoms with Gasteiger partial charge in [-0.3, -0.25) is 14.6 Å². The van der Waals surface area contributed by atoms with Crippen LogP contribution in [0.1, 0.15) is 37.9 Å². The van der Waals surface area contributed by atoms with E-state index in [1.807, 2.05) is 25.1 Å². The predicted molar refractivity (Wildman–Crippen MR) is 131 cm³/mol. The van der Waals surface area contributed by atoms with E-state index >= 15 is 0 Å². The second-order valence-corrected chi connectivity index (χ2v) is 10.5. The third kappa shape index (κ3) is 5.71. The third-order valence-electron chi connectivity index (χ3n) is 5.90. The van der Waals surface area contributed by atoms with Crippen LogP contribution in [-0.2, 0) is 26.2 Å². The second kappa shape index (κ2) is 10.9. The summed E-state index contributed by atoms with van der Waals surface area (Å²) in [5.74, 6) is -0.697. The number of nitrogens with one attached hydrogen (secondary N) is 1. The first-order valence-electron chi connectivity index (χ1n) is 11.4. The molecule has 0 spiro atoms. The third-order valence-corrected chi connectivity index (χ3v) is 7.77. The highest BCUT2D eigenvalue weighted by atomic mass is 32.2. The Hall–Kier alpha value is -3.04. The average Bonchev–Trinajstić information content (AvgIpc) is 2.93. The standard InChI is InChI=1S/C25H32N4O4S/c1-5-9-24-25(31)28(17-21-10-7-8-13-26-21)15-20(6-2)16-29(24)34(32,33)22-11-12-23(18(3)14-22)27-19(4)30/h6-8,10-14,20,24H,2,5,9,15-17H2,1,3-4H3,(H,27,30). The molecule has 182 valence electrons. The lowest BCUT2D eigenvalue weighted by molar-refractivity contribution is -0.135. The molecule has 2 aromatic rings. The molecule has 1 saturated heterocycles. The Kier molecular flexibility index (Phi) is 8.22. The molecule has 1 N–H and O–H groups in total. The zero-order valence-corrected chi connectivity index (χ0v) is 20.7. The minimum absolute atomic E-state index is 0.0917. The molecular formula is C25H32N4O4S. The fraction of sp³-hybridized carbons (Fsp3) is 0.400. The molecule has 8 nitrogen and oxygen atoms in total. The van der Waals surface area contributed by atoms with Crippen LogP contribution in [0.5, 0.6) is 0 Å². The number of pyridine rings is 1. The van der Waals surface area contributed by atoms with Gasteiger partial charge in [-0.2, -0.15) is 4.31 Å². The number of hydrogen-bond acceptors (Lipinski definition) is 5. The van der Waals surface area contributed by atoms with E-state index in [2.05, 4.69) is 16.9 Å². The maximum absolute atomic E-state index is 13.8. The van der Waals surface area contributed by atoms with Crippen molar-refractivity contribution in [3.8, 4) is 0 Å². The lowest BCUT2D eigenvalue weighted by atomic mass is 10.1. The molecule has 2 amide bonds. The molecule has 9 heteroatoms. The predicted octanol–water partition coefficient (Wildman–Crippen LogP) is 3.35. The summed E-state index contributed by atoms with van der Waals surface area (Å²) >= 11 is 0. The first-order valence-corrected chi connectivity index (χ1v) is 12.8. The molecule has 0 radical (unpaired) electrons. The van der Waals surface area contributed by atoms with Crippen molar-refractivity contribution >= 4 is 27.5 Å². The minimum atomic E-state index is -3.99. The normalized spacial score (nSPS) is 19.5. The zero-order chi connectivity index (χ0) is 24.9. The molecule has 3 rings (SSSR count). The zero-order valence-electron chi connectivity index (χ0n) is 19.9. The molecule has 1 aromatic heterocycles. The van der Waals surface area contributed by atoms with Crippen LogP contribution in [0.25, 0.3) is 0 Å². The molecule has 34 heavy (non-hydrogen) atoms. The molecular weight excluding hydrogens is 452 g/mol. The summed E-state index contributed by atoms with van der Waals surface area (Å²) in [5, 5.41) is 2.70. The number of aromatic nitrogens is 1. The van der Waals surface area contributed by atoms with Crippen molar-refractivity contribution in [2.45, 2.75) is 51.1 Å². The highest BCUT2D eigenvalue weighted by molar-refractivity contribution is 7.89. The highest BCUT2D eigenvalue weighted by Crippen LogP contribution is 2.29. The van der Waals surface area contributed by atoms with E-state index in [-0.39, 0.29) is 29.2 Å². The molecule has 0 bridgehead atoms. The van der Waals surface area contributed by atoms with Gasteiger partial charge in [-0.05, 0) is 49.2 Å². The van der Waals surface area contributed by atoms with Crippen LogP contribution >= 0.6 is 0 Å². The van der Waals surface area contributed by atoms with Crippen molar-refractivity contribution in [1.29, 1.82) is 0 Å². The Balaban J connectivity index is 1.99. The molecule has 1 aromatic carbocycles. The first-order chi connectivity index (χ1) is 16.2. The van der Waals surface area contributed by atoms with E-state index in [9.17, 15) is 18.0 Å². The maximum Gasteiger partial charge on any atom is 0.243 e. The Bertz CT molecular complexity index is 1150. The van der Waals surface area contributed by atoms with E-state index in [1.54, 1.807) is 30.2 Å². The van der Waals surface area contributed by atoms with Gasteiger partial charge in [-0.15, -0.1) is 6.58 Å². The summed E-state index contributed by atoms with van der Waals surface area (Å²) < 4.78 is 28.9. The molecule has 1 aliphatic heterocycles. The molecule has 1 fully saturated rings. The second-order valence-electron chi connectivity index (χ2n) is 8.57. The van der Waals surface area contributed by atoms with Crippen molar-refractivity contribution in [2.24, 2.45) is 5.92 Å². The first kappa shape index (κ1) is 25.6. The lowest BCUT2D eigenvalue weighted by Crippen LogP contribution is -2.48. The highest BCUT2D eigenvalue weighted by Gasteiger charge is 2.41. The fourth-order valence-electron chi connectivity index (χ4n) is 4.17. The van der Waals surface area contributed by atoms with Gasteiger partial charge in [0.2, 0.25) is 21.8 Å². The summed E-state index contributed by atoms with van der Waals surface area (Å²) in [6, 6.07) is 9.30. The van der Waals surface area contributed by atoms with Gasteiger partial charge < -0.3 is 10.2 Å². The number of aryl methyl sites for hydroxylation is 1. The van der Waals surface area contributed by atoms with Crippen LogP contribution in [0.3, 0.4) is 0 Å². The summed E-state index contributed by atoms with van der Waals surface area (Å²) in [6.45, 7) is 9.80. The topological polar surface area (TPSA) is 99.7 Å². The number of carbonyl (C=O) groups is 2. The minimum Gasteiger partial charge on any atom is -0.335 e. The monoisotopic (exact) mass is 484 g/mol. The number of anilines is 1. The number of benzene rings is 1. The van der Waals surface area contributed by atoms with Gasteiger partial charge in [0.15, 0.2) is 0 Å².